The Labute approximate surface area is 170 Å². The van der Waals surface area contributed by atoms with Crippen molar-refractivity contribution >= 4 is 23.4 Å². The molecule has 0 spiro atoms. The fraction of sp³-hybridized carbons (Fsp3) is 0.550. The molecule has 1 saturated heterocycles. The van der Waals surface area contributed by atoms with E-state index in [2.05, 4.69) is 25.8 Å². The normalized spacial score (nSPS) is 21.6. The number of ether oxygens (including phenoxy) is 1. The molecule has 0 bridgehead atoms. The summed E-state index contributed by atoms with van der Waals surface area (Å²) in [5.74, 6) is 1.75. The molecule has 9 nitrogen and oxygen atoms in total. The number of nitrogens with one attached hydrogen (secondary N) is 3. The van der Waals surface area contributed by atoms with Gasteiger partial charge in [-0.2, -0.15) is 5.10 Å². The summed E-state index contributed by atoms with van der Waals surface area (Å²) in [5, 5.41) is 15.3. The van der Waals surface area contributed by atoms with E-state index in [-0.39, 0.29) is 18.2 Å². The number of alkyl carbamates (subject to hydrolysis) is 1. The molecule has 2 aromatic heterocycles. The van der Waals surface area contributed by atoms with Gasteiger partial charge in [-0.25, -0.2) is 9.78 Å². The Bertz CT molecular complexity index is 816. The van der Waals surface area contributed by atoms with Crippen molar-refractivity contribution in [2.24, 2.45) is 0 Å². The number of aromatic nitrogens is 3. The summed E-state index contributed by atoms with van der Waals surface area (Å²) < 4.78 is 5.51. The fourth-order valence-corrected chi connectivity index (χ4v) is 3.75. The molecule has 1 aliphatic carbocycles. The van der Waals surface area contributed by atoms with Crippen molar-refractivity contribution in [2.75, 3.05) is 23.5 Å². The van der Waals surface area contributed by atoms with Crippen LogP contribution in [0.4, 0.5) is 22.1 Å². The third-order valence-corrected chi connectivity index (χ3v) is 5.15. The topological polar surface area (TPSA) is 104 Å². The lowest BCUT2D eigenvalue weighted by atomic mass is 10.0. The van der Waals surface area contributed by atoms with Crippen LogP contribution >= 0.6 is 0 Å². The zero-order chi connectivity index (χ0) is 20.2. The highest BCUT2D eigenvalue weighted by atomic mass is 16.7. The first-order valence-corrected chi connectivity index (χ1v) is 10.2. The molecule has 1 saturated carbocycles. The number of H-pyrrole nitrogens is 1. The van der Waals surface area contributed by atoms with E-state index in [0.29, 0.717) is 5.92 Å². The summed E-state index contributed by atoms with van der Waals surface area (Å²) in [7, 11) is 0. The molecule has 0 radical (unpaired) electrons. The van der Waals surface area contributed by atoms with Gasteiger partial charge in [0.05, 0.1) is 18.5 Å². The standard InChI is InChI=1S/C20H28N6O3/c1-13(2)22-20(27)29-16-6-4-14(10-16)17-11-19(25-24-17)23-18-7-5-15(12-21-18)26-8-3-9-28-26/h5,7,11-14,16H,3-4,6,8-10H2,1-2H3,(H,22,27)(H2,21,23,24,25)/t14-,16+/m0/s1. The van der Waals surface area contributed by atoms with Crippen molar-refractivity contribution in [2.45, 2.75) is 57.6 Å². The Morgan fingerprint density at radius 2 is 2.24 bits per heavy atom. The third-order valence-electron chi connectivity index (χ3n) is 5.15. The van der Waals surface area contributed by atoms with Crippen LogP contribution in [0.25, 0.3) is 0 Å². The lowest BCUT2D eigenvalue weighted by Gasteiger charge is -2.15. The molecule has 0 unspecified atom stereocenters. The molecule has 3 heterocycles. The molecule has 1 amide bonds. The van der Waals surface area contributed by atoms with Gasteiger partial charge < -0.3 is 15.4 Å². The number of carbonyl (C=O) groups is 1. The summed E-state index contributed by atoms with van der Waals surface area (Å²) in [5.41, 5.74) is 2.00. The number of hydrogen-bond acceptors (Lipinski definition) is 7. The highest BCUT2D eigenvalue weighted by molar-refractivity contribution is 5.67. The van der Waals surface area contributed by atoms with Crippen LogP contribution in [0.15, 0.2) is 24.4 Å². The second-order valence-electron chi connectivity index (χ2n) is 7.86. The molecular weight excluding hydrogens is 372 g/mol. The maximum atomic E-state index is 11.8. The third kappa shape index (κ3) is 4.97. The highest BCUT2D eigenvalue weighted by Gasteiger charge is 2.30. The van der Waals surface area contributed by atoms with Gasteiger partial charge in [-0.15, -0.1) is 0 Å². The minimum atomic E-state index is -0.341. The van der Waals surface area contributed by atoms with Gasteiger partial charge in [0.2, 0.25) is 0 Å². The van der Waals surface area contributed by atoms with E-state index in [9.17, 15) is 4.79 Å². The van der Waals surface area contributed by atoms with Crippen LogP contribution in [0.5, 0.6) is 0 Å². The van der Waals surface area contributed by atoms with Crippen LogP contribution in [-0.4, -0.2) is 46.6 Å². The van der Waals surface area contributed by atoms with E-state index in [0.717, 1.165) is 61.9 Å². The number of anilines is 3. The molecule has 3 N–H and O–H groups in total. The first-order chi connectivity index (χ1) is 14.1. The minimum Gasteiger partial charge on any atom is -0.446 e. The lowest BCUT2D eigenvalue weighted by molar-refractivity contribution is 0.0981. The van der Waals surface area contributed by atoms with Gasteiger partial charge in [0, 0.05) is 30.3 Å². The molecule has 0 aromatic carbocycles. The van der Waals surface area contributed by atoms with Gasteiger partial charge in [0.1, 0.15) is 11.9 Å². The van der Waals surface area contributed by atoms with Crippen LogP contribution in [0, 0.1) is 0 Å². The Hall–Kier alpha value is -2.81. The highest BCUT2D eigenvalue weighted by Crippen LogP contribution is 2.36. The number of pyridine rings is 1. The van der Waals surface area contributed by atoms with Crippen molar-refractivity contribution in [1.29, 1.82) is 0 Å². The predicted molar refractivity (Wildman–Crippen MR) is 109 cm³/mol. The zero-order valence-electron chi connectivity index (χ0n) is 16.9. The van der Waals surface area contributed by atoms with Crippen molar-refractivity contribution < 1.29 is 14.4 Å². The van der Waals surface area contributed by atoms with Gasteiger partial charge in [0.25, 0.3) is 0 Å². The van der Waals surface area contributed by atoms with Gasteiger partial charge in [-0.05, 0) is 51.7 Å². The number of hydroxylamine groups is 1. The average Bonchev–Trinajstić information content (AvgIpc) is 3.43. The summed E-state index contributed by atoms with van der Waals surface area (Å²) in [6.45, 7) is 5.48. The molecule has 2 aromatic rings. The molecule has 2 aliphatic rings. The zero-order valence-corrected chi connectivity index (χ0v) is 16.9. The second-order valence-corrected chi connectivity index (χ2v) is 7.86. The molecular formula is C20H28N6O3. The SMILES string of the molecule is CC(C)NC(=O)O[C@@H]1CC[C@H](c2cc(Nc3ccc(N4CCCO4)cn3)n[nH]2)C1. The molecule has 156 valence electrons. The van der Waals surface area contributed by atoms with Crippen LogP contribution in [0.1, 0.15) is 51.1 Å². The number of amides is 1. The van der Waals surface area contributed by atoms with Crippen LogP contribution in [0.2, 0.25) is 0 Å². The summed E-state index contributed by atoms with van der Waals surface area (Å²) >= 11 is 0. The van der Waals surface area contributed by atoms with Gasteiger partial charge in [-0.1, -0.05) is 0 Å². The Morgan fingerprint density at radius 1 is 1.34 bits per heavy atom. The fourth-order valence-electron chi connectivity index (χ4n) is 3.75. The smallest absolute Gasteiger partial charge is 0.407 e. The van der Waals surface area contributed by atoms with Crippen LogP contribution in [0.3, 0.4) is 0 Å². The number of nitrogens with zero attached hydrogens (tertiary/aromatic N) is 3. The van der Waals surface area contributed by atoms with Crippen LogP contribution < -0.4 is 15.7 Å². The van der Waals surface area contributed by atoms with Crippen molar-refractivity contribution in [1.82, 2.24) is 20.5 Å². The first-order valence-electron chi connectivity index (χ1n) is 10.2. The second kappa shape index (κ2) is 8.69. The molecule has 1 aliphatic heterocycles. The summed E-state index contributed by atoms with van der Waals surface area (Å²) in [4.78, 5) is 21.8. The van der Waals surface area contributed by atoms with E-state index in [1.807, 2.05) is 37.1 Å². The minimum absolute atomic E-state index is 0.0551. The quantitative estimate of drug-likeness (QED) is 0.682. The molecule has 4 rings (SSSR count). The van der Waals surface area contributed by atoms with E-state index in [1.54, 1.807) is 6.20 Å². The largest absolute Gasteiger partial charge is 0.446 e. The Kier molecular flexibility index (Phi) is 5.84. The monoisotopic (exact) mass is 400 g/mol. The Morgan fingerprint density at radius 3 is 2.97 bits per heavy atom. The molecule has 29 heavy (non-hydrogen) atoms. The van der Waals surface area contributed by atoms with Gasteiger partial charge >= 0.3 is 6.09 Å². The van der Waals surface area contributed by atoms with Crippen molar-refractivity contribution in [3.8, 4) is 0 Å². The summed E-state index contributed by atoms with van der Waals surface area (Å²) in [6, 6.07) is 5.97. The summed E-state index contributed by atoms with van der Waals surface area (Å²) in [6.07, 6.45) is 5.06. The van der Waals surface area contributed by atoms with E-state index >= 15 is 0 Å². The first kappa shape index (κ1) is 19.5. The van der Waals surface area contributed by atoms with Gasteiger partial charge in [-0.3, -0.25) is 15.0 Å². The molecule has 2 atom stereocenters. The van der Waals surface area contributed by atoms with E-state index in [1.165, 1.54) is 0 Å². The maximum Gasteiger partial charge on any atom is 0.407 e. The number of carbonyl (C=O) groups excluding carboxylic acids is 1. The van der Waals surface area contributed by atoms with E-state index < -0.39 is 0 Å². The lowest BCUT2D eigenvalue weighted by Crippen LogP contribution is -2.33. The number of rotatable bonds is 6. The van der Waals surface area contributed by atoms with Crippen LogP contribution in [-0.2, 0) is 9.57 Å². The van der Waals surface area contributed by atoms with E-state index in [4.69, 9.17) is 9.57 Å². The van der Waals surface area contributed by atoms with Gasteiger partial charge in [0.15, 0.2) is 5.82 Å². The maximum absolute atomic E-state index is 11.8. The number of aromatic amines is 1. The van der Waals surface area contributed by atoms with Crippen molar-refractivity contribution in [3.63, 3.8) is 0 Å². The predicted octanol–water partition coefficient (Wildman–Crippen LogP) is 3.46. The number of hydrogen-bond donors (Lipinski definition) is 3. The molecule has 9 heteroatoms. The van der Waals surface area contributed by atoms with Crippen molar-refractivity contribution in [3.05, 3.63) is 30.1 Å². The molecule has 2 fully saturated rings. The average molecular weight is 400 g/mol. The Balaban J connectivity index is 1.30.